The number of carbonyl (C=O) groups is 4. The van der Waals surface area contributed by atoms with Gasteiger partial charge in [0.25, 0.3) is 0 Å². The average Bonchev–Trinajstić information content (AvgIpc) is 2.56. The molecule has 10 nitrogen and oxygen atoms in total. The van der Waals surface area contributed by atoms with E-state index < -0.39 is 48.4 Å². The molecule has 3 atom stereocenters. The molecule has 0 rings (SSSR count). The van der Waals surface area contributed by atoms with Crippen LogP contribution in [0, 0.1) is 0 Å². The molecule has 0 spiro atoms. The summed E-state index contributed by atoms with van der Waals surface area (Å²) in [6.07, 6.45) is 1.54. The van der Waals surface area contributed by atoms with Crippen LogP contribution in [-0.4, -0.2) is 72.0 Å². The minimum Gasteiger partial charge on any atom is -0.394 e. The normalized spacial score (nSPS) is 14.1. The number of nitrogens with two attached hydrogens (primary N) is 2. The quantitative estimate of drug-likeness (QED) is 0.254. The lowest BCUT2D eigenvalue weighted by Crippen LogP contribution is -2.56. The molecule has 0 aromatic heterocycles. The van der Waals surface area contributed by atoms with Crippen molar-refractivity contribution in [3.8, 4) is 0 Å². The summed E-state index contributed by atoms with van der Waals surface area (Å²) in [5.41, 5.74) is 10.6. The van der Waals surface area contributed by atoms with Crippen LogP contribution in [0.2, 0.25) is 0 Å². The van der Waals surface area contributed by atoms with Crippen molar-refractivity contribution in [1.82, 2.24) is 15.5 Å². The third-order valence-electron chi connectivity index (χ3n) is 3.78. The Morgan fingerprint density at radius 1 is 1.12 bits per heavy atom. The van der Waals surface area contributed by atoms with Crippen LogP contribution in [0.25, 0.3) is 0 Å². The predicted octanol–water partition coefficient (Wildman–Crippen LogP) is -2.57. The van der Waals surface area contributed by atoms with Crippen molar-refractivity contribution in [1.29, 1.82) is 0 Å². The summed E-state index contributed by atoms with van der Waals surface area (Å²) in [6.45, 7) is 2.52. The van der Waals surface area contributed by atoms with Crippen LogP contribution in [0.1, 0.15) is 33.1 Å². The smallest absolute Gasteiger partial charge is 0.245 e. The zero-order chi connectivity index (χ0) is 19.6. The molecular formula is C15H29N5O5. The number of hydrogen-bond donors (Lipinski definition) is 5. The van der Waals surface area contributed by atoms with Crippen molar-refractivity contribution >= 4 is 23.6 Å². The highest BCUT2D eigenvalue weighted by Crippen LogP contribution is 2.07. The first kappa shape index (κ1) is 22.8. The lowest BCUT2D eigenvalue weighted by molar-refractivity contribution is -0.141. The summed E-state index contributed by atoms with van der Waals surface area (Å²) in [5.74, 6) is -2.34. The Bertz CT molecular complexity index is 485. The van der Waals surface area contributed by atoms with E-state index in [1.807, 2.05) is 0 Å². The van der Waals surface area contributed by atoms with E-state index >= 15 is 0 Å². The van der Waals surface area contributed by atoms with E-state index in [1.54, 1.807) is 0 Å². The van der Waals surface area contributed by atoms with Gasteiger partial charge in [-0.2, -0.15) is 0 Å². The first-order valence-electron chi connectivity index (χ1n) is 8.10. The molecule has 4 amide bonds. The van der Waals surface area contributed by atoms with Crippen LogP contribution < -0.4 is 22.1 Å². The number of aliphatic hydroxyl groups excluding tert-OH is 1. The summed E-state index contributed by atoms with van der Waals surface area (Å²) in [6, 6.07) is -2.93. The molecule has 0 radical (unpaired) electrons. The molecule has 10 heteroatoms. The fourth-order valence-corrected chi connectivity index (χ4v) is 2.09. The molecule has 144 valence electrons. The van der Waals surface area contributed by atoms with Gasteiger partial charge in [-0.15, -0.1) is 0 Å². The number of unbranched alkanes of at least 4 members (excludes halogenated alkanes) is 1. The van der Waals surface area contributed by atoms with Gasteiger partial charge in [-0.05, 0) is 32.7 Å². The molecule has 0 fully saturated rings. The second-order valence-corrected chi connectivity index (χ2v) is 5.81. The second kappa shape index (κ2) is 11.4. The molecule has 0 heterocycles. The van der Waals surface area contributed by atoms with Crippen LogP contribution >= 0.6 is 0 Å². The molecule has 0 bridgehead atoms. The van der Waals surface area contributed by atoms with Gasteiger partial charge in [-0.1, -0.05) is 0 Å². The number of aliphatic hydroxyl groups is 1. The molecule has 0 aliphatic carbocycles. The van der Waals surface area contributed by atoms with Crippen molar-refractivity contribution < 1.29 is 24.3 Å². The van der Waals surface area contributed by atoms with Gasteiger partial charge < -0.3 is 32.1 Å². The van der Waals surface area contributed by atoms with Gasteiger partial charge in [0.05, 0.1) is 6.61 Å². The van der Waals surface area contributed by atoms with Gasteiger partial charge in [-0.3, -0.25) is 19.2 Å². The van der Waals surface area contributed by atoms with Crippen LogP contribution in [-0.2, 0) is 19.2 Å². The molecule has 0 aromatic rings. The van der Waals surface area contributed by atoms with Crippen molar-refractivity contribution in [3.63, 3.8) is 0 Å². The highest BCUT2D eigenvalue weighted by molar-refractivity contribution is 5.93. The number of hydrogen-bond acceptors (Lipinski definition) is 6. The average molecular weight is 359 g/mol. The Balaban J connectivity index is 5.14. The molecule has 0 saturated carbocycles. The topological polar surface area (TPSA) is 168 Å². The van der Waals surface area contributed by atoms with E-state index in [0.717, 1.165) is 4.90 Å². The van der Waals surface area contributed by atoms with Crippen molar-refractivity contribution in [2.75, 3.05) is 20.2 Å². The van der Waals surface area contributed by atoms with Gasteiger partial charge >= 0.3 is 0 Å². The van der Waals surface area contributed by atoms with Gasteiger partial charge in [0, 0.05) is 14.0 Å². The maximum atomic E-state index is 12.6. The number of carbonyl (C=O) groups excluding carboxylic acids is 4. The number of likely N-dealkylation sites (N-methyl/N-ethyl adjacent to an activating group) is 1. The molecule has 0 aliphatic heterocycles. The first-order chi connectivity index (χ1) is 11.6. The van der Waals surface area contributed by atoms with Crippen LogP contribution in [0.5, 0.6) is 0 Å². The summed E-state index contributed by atoms with van der Waals surface area (Å²) < 4.78 is 0. The summed E-state index contributed by atoms with van der Waals surface area (Å²) in [7, 11) is 1.41. The van der Waals surface area contributed by atoms with Crippen molar-refractivity contribution in [2.24, 2.45) is 11.5 Å². The van der Waals surface area contributed by atoms with Gasteiger partial charge in [0.1, 0.15) is 18.1 Å². The third-order valence-corrected chi connectivity index (χ3v) is 3.78. The van der Waals surface area contributed by atoms with Crippen LogP contribution in [0.4, 0.5) is 0 Å². The lowest BCUT2D eigenvalue weighted by Gasteiger charge is -2.28. The standard InChI is InChI=1S/C15H29N5O5/c1-9(13(17)23)20(3)15(25)11(6-4-5-7-16)19-14(24)12(8-21)18-10(2)22/h9,11-12,21H,4-8,16H2,1-3H3,(H2,17,23)(H,18,22)(H,19,24)/t9-,11-,12+/m0/s1. The van der Waals surface area contributed by atoms with Gasteiger partial charge in [0.15, 0.2) is 0 Å². The van der Waals surface area contributed by atoms with Gasteiger partial charge in [-0.25, -0.2) is 0 Å². The minimum absolute atomic E-state index is 0.301. The summed E-state index contributed by atoms with van der Waals surface area (Å²) >= 11 is 0. The molecule has 0 unspecified atom stereocenters. The summed E-state index contributed by atoms with van der Waals surface area (Å²) in [5, 5.41) is 14.0. The third kappa shape index (κ3) is 7.94. The Morgan fingerprint density at radius 2 is 1.72 bits per heavy atom. The largest absolute Gasteiger partial charge is 0.394 e. The highest BCUT2D eigenvalue weighted by Gasteiger charge is 2.30. The molecule has 0 aliphatic rings. The Hall–Kier alpha value is -2.20. The lowest BCUT2D eigenvalue weighted by atomic mass is 10.1. The van der Waals surface area contributed by atoms with Crippen molar-refractivity contribution in [3.05, 3.63) is 0 Å². The molecule has 7 N–H and O–H groups in total. The zero-order valence-corrected chi connectivity index (χ0v) is 14.9. The maximum absolute atomic E-state index is 12.6. The first-order valence-corrected chi connectivity index (χ1v) is 8.10. The van der Waals surface area contributed by atoms with Crippen LogP contribution in [0.15, 0.2) is 0 Å². The van der Waals surface area contributed by atoms with Crippen LogP contribution in [0.3, 0.4) is 0 Å². The number of nitrogens with zero attached hydrogens (tertiary/aromatic N) is 1. The minimum atomic E-state index is -1.17. The SMILES string of the molecule is CC(=O)N[C@H](CO)C(=O)N[C@@H](CCCCN)C(=O)N(C)[C@@H](C)C(N)=O. The van der Waals surface area contributed by atoms with E-state index in [-0.39, 0.29) is 0 Å². The van der Waals surface area contributed by atoms with E-state index in [9.17, 15) is 24.3 Å². The number of amides is 4. The Labute approximate surface area is 147 Å². The number of primary amides is 1. The molecule has 0 saturated heterocycles. The Kier molecular flexibility index (Phi) is 10.4. The molecular weight excluding hydrogens is 330 g/mol. The van der Waals surface area contributed by atoms with E-state index in [0.29, 0.717) is 25.8 Å². The monoisotopic (exact) mass is 359 g/mol. The predicted molar refractivity (Wildman–Crippen MR) is 91.0 cm³/mol. The number of nitrogens with one attached hydrogen (secondary N) is 2. The van der Waals surface area contributed by atoms with E-state index in [2.05, 4.69) is 10.6 Å². The Morgan fingerprint density at radius 3 is 2.16 bits per heavy atom. The number of rotatable bonds is 11. The highest BCUT2D eigenvalue weighted by atomic mass is 16.3. The van der Waals surface area contributed by atoms with Crippen molar-refractivity contribution in [2.45, 2.75) is 51.2 Å². The molecule has 0 aromatic carbocycles. The van der Waals surface area contributed by atoms with Gasteiger partial charge in [0.2, 0.25) is 23.6 Å². The van der Waals surface area contributed by atoms with E-state index in [1.165, 1.54) is 20.9 Å². The fraction of sp³-hybridized carbons (Fsp3) is 0.733. The summed E-state index contributed by atoms with van der Waals surface area (Å²) in [4.78, 5) is 48.3. The second-order valence-electron chi connectivity index (χ2n) is 5.81. The molecule has 25 heavy (non-hydrogen) atoms. The zero-order valence-electron chi connectivity index (χ0n) is 14.9. The van der Waals surface area contributed by atoms with E-state index in [4.69, 9.17) is 11.5 Å². The fourth-order valence-electron chi connectivity index (χ4n) is 2.09. The maximum Gasteiger partial charge on any atom is 0.245 e.